The standard InChI is InChI=1S/C24H18Cl2F3N3O4/c1-35-20-10-15(9-19(26)21(20)36-13-14-5-7-17(25)8-6-14)12-30-32-23(34)22(33)31-18-4-2-3-16(11-18)24(27,28)29/h2-12H,13H2,1H3,(H,31,33)(H,32,34)/b30-12-. The van der Waals surface area contributed by atoms with Crippen LogP contribution in [0.15, 0.2) is 65.8 Å². The largest absolute Gasteiger partial charge is 0.493 e. The molecule has 0 heterocycles. The van der Waals surface area contributed by atoms with Gasteiger partial charge in [0, 0.05) is 10.7 Å². The molecule has 12 heteroatoms. The molecule has 0 unspecified atom stereocenters. The van der Waals surface area contributed by atoms with E-state index in [1.165, 1.54) is 25.5 Å². The SMILES string of the molecule is COc1cc(/C=N\NC(=O)C(=O)Nc2cccc(C(F)(F)F)c2)cc(Cl)c1OCc1ccc(Cl)cc1. The van der Waals surface area contributed by atoms with Crippen molar-refractivity contribution in [2.24, 2.45) is 5.10 Å². The van der Waals surface area contributed by atoms with Gasteiger partial charge in [0.1, 0.15) is 6.61 Å². The highest BCUT2D eigenvalue weighted by Gasteiger charge is 2.30. The molecule has 3 aromatic rings. The van der Waals surface area contributed by atoms with Crippen LogP contribution in [0.5, 0.6) is 11.5 Å². The van der Waals surface area contributed by atoms with Gasteiger partial charge in [0.2, 0.25) is 0 Å². The van der Waals surface area contributed by atoms with Gasteiger partial charge in [-0.1, -0.05) is 41.4 Å². The average molecular weight is 540 g/mol. The van der Waals surface area contributed by atoms with Crippen molar-refractivity contribution in [2.75, 3.05) is 12.4 Å². The average Bonchev–Trinajstić information content (AvgIpc) is 2.83. The highest BCUT2D eigenvalue weighted by molar-refractivity contribution is 6.39. The molecule has 0 aliphatic carbocycles. The lowest BCUT2D eigenvalue weighted by Gasteiger charge is -2.13. The van der Waals surface area contributed by atoms with Gasteiger partial charge in [-0.25, -0.2) is 5.43 Å². The van der Waals surface area contributed by atoms with E-state index in [-0.39, 0.29) is 23.1 Å². The van der Waals surface area contributed by atoms with Gasteiger partial charge in [0.25, 0.3) is 0 Å². The fourth-order valence-electron chi connectivity index (χ4n) is 2.87. The molecule has 0 aromatic heterocycles. The van der Waals surface area contributed by atoms with Crippen LogP contribution in [-0.4, -0.2) is 25.1 Å². The number of anilines is 1. The molecular formula is C24H18Cl2F3N3O4. The van der Waals surface area contributed by atoms with Crippen molar-refractivity contribution < 1.29 is 32.2 Å². The zero-order valence-corrected chi connectivity index (χ0v) is 20.0. The molecule has 0 saturated carbocycles. The minimum absolute atomic E-state index is 0.195. The Morgan fingerprint density at radius 3 is 2.42 bits per heavy atom. The number of hydrogen-bond donors (Lipinski definition) is 2. The summed E-state index contributed by atoms with van der Waals surface area (Å²) >= 11 is 12.2. The van der Waals surface area contributed by atoms with E-state index in [0.717, 1.165) is 17.7 Å². The second kappa shape index (κ2) is 11.8. The smallest absolute Gasteiger partial charge is 0.416 e. The third-order valence-corrected chi connectivity index (χ3v) is 5.11. The van der Waals surface area contributed by atoms with Gasteiger partial charge in [0.05, 0.1) is 23.9 Å². The topological polar surface area (TPSA) is 89.0 Å². The molecule has 0 fully saturated rings. The third kappa shape index (κ3) is 7.37. The van der Waals surface area contributed by atoms with E-state index in [1.54, 1.807) is 30.3 Å². The van der Waals surface area contributed by atoms with E-state index in [1.807, 2.05) is 5.43 Å². The molecule has 0 radical (unpaired) electrons. The fraction of sp³-hybridized carbons (Fsp3) is 0.125. The van der Waals surface area contributed by atoms with Crippen molar-refractivity contribution in [1.29, 1.82) is 0 Å². The molecule has 188 valence electrons. The van der Waals surface area contributed by atoms with Crippen molar-refractivity contribution in [1.82, 2.24) is 5.43 Å². The van der Waals surface area contributed by atoms with Crippen LogP contribution in [0.25, 0.3) is 0 Å². The van der Waals surface area contributed by atoms with E-state index in [0.29, 0.717) is 22.4 Å². The number of halogens is 5. The number of benzene rings is 3. The molecular weight excluding hydrogens is 522 g/mol. The van der Waals surface area contributed by atoms with Crippen LogP contribution in [0, 0.1) is 0 Å². The fourth-order valence-corrected chi connectivity index (χ4v) is 3.27. The molecule has 2 N–H and O–H groups in total. The van der Waals surface area contributed by atoms with Gasteiger partial charge < -0.3 is 14.8 Å². The lowest BCUT2D eigenvalue weighted by atomic mass is 10.2. The third-order valence-electron chi connectivity index (χ3n) is 4.58. The molecule has 0 bridgehead atoms. The number of alkyl halides is 3. The number of hydrogen-bond acceptors (Lipinski definition) is 5. The number of amides is 2. The summed E-state index contributed by atoms with van der Waals surface area (Å²) in [5.74, 6) is -1.81. The van der Waals surface area contributed by atoms with Crippen LogP contribution in [0.2, 0.25) is 10.0 Å². The number of rotatable bonds is 7. The van der Waals surface area contributed by atoms with Gasteiger partial charge in [0.15, 0.2) is 11.5 Å². The molecule has 2 amide bonds. The molecule has 0 atom stereocenters. The van der Waals surface area contributed by atoms with E-state index >= 15 is 0 Å². The summed E-state index contributed by atoms with van der Waals surface area (Å²) in [6.07, 6.45) is -3.39. The van der Waals surface area contributed by atoms with E-state index in [2.05, 4.69) is 10.4 Å². The molecule has 0 spiro atoms. The molecule has 36 heavy (non-hydrogen) atoms. The Balaban J connectivity index is 1.61. The Morgan fingerprint density at radius 2 is 1.75 bits per heavy atom. The van der Waals surface area contributed by atoms with Crippen LogP contribution < -0.4 is 20.2 Å². The summed E-state index contributed by atoms with van der Waals surface area (Å²) in [6, 6.07) is 14.0. The van der Waals surface area contributed by atoms with Crippen LogP contribution in [0.1, 0.15) is 16.7 Å². The molecule has 0 aliphatic rings. The Morgan fingerprint density at radius 1 is 1.03 bits per heavy atom. The van der Waals surface area contributed by atoms with Gasteiger partial charge >= 0.3 is 18.0 Å². The number of carbonyl (C=O) groups is 2. The number of nitrogens with zero attached hydrogens (tertiary/aromatic N) is 1. The number of carbonyl (C=O) groups excluding carboxylic acids is 2. The minimum Gasteiger partial charge on any atom is -0.493 e. The van der Waals surface area contributed by atoms with Gasteiger partial charge in [-0.3, -0.25) is 9.59 Å². The second-order valence-corrected chi connectivity index (χ2v) is 8.02. The quantitative estimate of drug-likeness (QED) is 0.229. The monoisotopic (exact) mass is 539 g/mol. The zero-order valence-electron chi connectivity index (χ0n) is 18.5. The van der Waals surface area contributed by atoms with Crippen molar-refractivity contribution in [3.05, 3.63) is 87.4 Å². The Labute approximate surface area is 213 Å². The number of ether oxygens (including phenoxy) is 2. The van der Waals surface area contributed by atoms with Crippen molar-refractivity contribution in [3.63, 3.8) is 0 Å². The van der Waals surface area contributed by atoms with E-state index < -0.39 is 23.6 Å². The molecule has 7 nitrogen and oxygen atoms in total. The first-order chi connectivity index (χ1) is 17.1. The van der Waals surface area contributed by atoms with Crippen molar-refractivity contribution in [3.8, 4) is 11.5 Å². The normalized spacial score (nSPS) is 11.3. The first-order valence-corrected chi connectivity index (χ1v) is 10.9. The summed E-state index contributed by atoms with van der Waals surface area (Å²) in [7, 11) is 1.42. The maximum Gasteiger partial charge on any atom is 0.416 e. The van der Waals surface area contributed by atoms with Gasteiger partial charge in [-0.2, -0.15) is 18.3 Å². The summed E-state index contributed by atoms with van der Waals surface area (Å²) in [5.41, 5.74) is 2.09. The minimum atomic E-state index is -4.59. The molecule has 0 aliphatic heterocycles. The van der Waals surface area contributed by atoms with Crippen LogP contribution in [0.3, 0.4) is 0 Å². The highest BCUT2D eigenvalue weighted by Crippen LogP contribution is 2.36. The lowest BCUT2D eigenvalue weighted by molar-refractivity contribution is -0.137. The molecule has 3 rings (SSSR count). The van der Waals surface area contributed by atoms with Crippen LogP contribution in [0.4, 0.5) is 18.9 Å². The predicted octanol–water partition coefficient (Wildman–Crippen LogP) is 5.69. The Bertz CT molecular complexity index is 1280. The van der Waals surface area contributed by atoms with E-state index in [4.69, 9.17) is 32.7 Å². The first kappa shape index (κ1) is 26.8. The summed E-state index contributed by atoms with van der Waals surface area (Å²) in [5, 5.41) is 6.56. The Hall–Kier alpha value is -3.76. The highest BCUT2D eigenvalue weighted by atomic mass is 35.5. The van der Waals surface area contributed by atoms with Crippen molar-refractivity contribution in [2.45, 2.75) is 12.8 Å². The number of hydrazone groups is 1. The zero-order chi connectivity index (χ0) is 26.3. The number of methoxy groups -OCH3 is 1. The summed E-state index contributed by atoms with van der Waals surface area (Å²) in [6.45, 7) is 0.206. The number of nitrogens with one attached hydrogen (secondary N) is 2. The van der Waals surface area contributed by atoms with Gasteiger partial charge in [-0.15, -0.1) is 0 Å². The van der Waals surface area contributed by atoms with E-state index in [9.17, 15) is 22.8 Å². The second-order valence-electron chi connectivity index (χ2n) is 7.18. The molecule has 0 saturated heterocycles. The van der Waals surface area contributed by atoms with Crippen LogP contribution >= 0.6 is 23.2 Å². The van der Waals surface area contributed by atoms with Crippen LogP contribution in [-0.2, 0) is 22.4 Å². The maximum absolute atomic E-state index is 12.8. The molecule has 3 aromatic carbocycles. The maximum atomic E-state index is 12.8. The van der Waals surface area contributed by atoms with Gasteiger partial charge in [-0.05, 0) is 53.6 Å². The Kier molecular flexibility index (Phi) is 8.78. The summed E-state index contributed by atoms with van der Waals surface area (Å²) < 4.78 is 49.5. The summed E-state index contributed by atoms with van der Waals surface area (Å²) in [4.78, 5) is 23.9. The lowest BCUT2D eigenvalue weighted by Crippen LogP contribution is -2.32. The predicted molar refractivity (Wildman–Crippen MR) is 130 cm³/mol. The first-order valence-electron chi connectivity index (χ1n) is 10.1. The van der Waals surface area contributed by atoms with Crippen molar-refractivity contribution >= 4 is 46.9 Å².